The van der Waals surface area contributed by atoms with E-state index in [-0.39, 0.29) is 0 Å². The van der Waals surface area contributed by atoms with Crippen molar-refractivity contribution < 1.29 is 0 Å². The molecule has 60 heavy (non-hydrogen) atoms. The number of benzene rings is 8. The van der Waals surface area contributed by atoms with E-state index in [1.807, 2.05) is 0 Å². The Morgan fingerprint density at radius 1 is 0.350 bits per heavy atom. The van der Waals surface area contributed by atoms with E-state index in [1.54, 1.807) is 0 Å². The highest BCUT2D eigenvalue weighted by molar-refractivity contribution is 6.24. The summed E-state index contributed by atoms with van der Waals surface area (Å²) in [6.07, 6.45) is 10.6. The van der Waals surface area contributed by atoms with Gasteiger partial charge < -0.3 is 9.80 Å². The second-order valence-electron chi connectivity index (χ2n) is 18.3. The summed E-state index contributed by atoms with van der Waals surface area (Å²) in [5.41, 5.74) is 12.8. The fourth-order valence-electron chi connectivity index (χ4n) is 10.5. The summed E-state index contributed by atoms with van der Waals surface area (Å²) < 4.78 is 0. The molecule has 2 aliphatic rings. The molecule has 0 radical (unpaired) electrons. The van der Waals surface area contributed by atoms with Crippen LogP contribution in [0.1, 0.15) is 125 Å². The van der Waals surface area contributed by atoms with Gasteiger partial charge in [-0.05, 0) is 154 Å². The zero-order valence-corrected chi connectivity index (χ0v) is 35.9. The zero-order valence-electron chi connectivity index (χ0n) is 35.9. The molecule has 0 aliphatic heterocycles. The van der Waals surface area contributed by atoms with E-state index in [2.05, 4.69) is 195 Å². The lowest BCUT2D eigenvalue weighted by Crippen LogP contribution is -2.12. The molecule has 0 saturated heterocycles. The van der Waals surface area contributed by atoms with Crippen molar-refractivity contribution in [3.05, 3.63) is 180 Å². The number of hydrogen-bond acceptors (Lipinski definition) is 2. The Bertz CT molecular complexity index is 2550. The molecule has 8 aromatic rings. The van der Waals surface area contributed by atoms with E-state index in [0.717, 1.165) is 0 Å². The van der Waals surface area contributed by atoms with Crippen LogP contribution in [0.5, 0.6) is 0 Å². The van der Waals surface area contributed by atoms with Gasteiger partial charge in [0.05, 0.1) is 11.4 Å². The monoisotopic (exact) mass is 782 g/mol. The van der Waals surface area contributed by atoms with E-state index in [1.165, 1.54) is 140 Å². The molecule has 0 aromatic heterocycles. The third-order valence-corrected chi connectivity index (χ3v) is 13.9. The van der Waals surface area contributed by atoms with Crippen LogP contribution in [0.25, 0.3) is 32.3 Å². The average molecular weight is 783 g/mol. The number of hydrogen-bond donors (Lipinski definition) is 0. The van der Waals surface area contributed by atoms with E-state index in [9.17, 15) is 0 Å². The first-order valence-electron chi connectivity index (χ1n) is 22.8. The fourth-order valence-corrected chi connectivity index (χ4v) is 10.5. The standard InChI is InChI=1S/C58H58N2/c1-39(2)41-21-29-47(30-22-41)59(49-33-25-45(26-34-49)43-13-5-6-14-43)57-37-55-52-18-10-12-20-54(52)58(38-56(55)51-17-9-11-19-53(51)57)60(48-31-23-42(24-32-48)40(3)4)50-35-27-46(28-36-50)44-15-7-8-16-44/h9-12,17-40,43-44H,5-8,13-16H2,1-4H3. The van der Waals surface area contributed by atoms with Gasteiger partial charge in [-0.1, -0.05) is 150 Å². The molecular weight excluding hydrogens is 725 g/mol. The Morgan fingerprint density at radius 3 is 0.967 bits per heavy atom. The summed E-state index contributed by atoms with van der Waals surface area (Å²) in [5, 5.41) is 7.54. The fraction of sp³-hybridized carbons (Fsp3) is 0.276. The molecule has 0 amide bonds. The van der Waals surface area contributed by atoms with Crippen LogP contribution in [0.15, 0.2) is 158 Å². The van der Waals surface area contributed by atoms with E-state index in [4.69, 9.17) is 0 Å². The Balaban J connectivity index is 1.19. The average Bonchev–Trinajstić information content (AvgIpc) is 4.04. The summed E-state index contributed by atoms with van der Waals surface area (Å²) in [7, 11) is 0. The van der Waals surface area contributed by atoms with Gasteiger partial charge in [-0.25, -0.2) is 0 Å². The maximum absolute atomic E-state index is 2.50. The summed E-state index contributed by atoms with van der Waals surface area (Å²) >= 11 is 0. The predicted octanol–water partition coefficient (Wildman–Crippen LogP) is 17.6. The zero-order chi connectivity index (χ0) is 40.7. The number of nitrogens with zero attached hydrogens (tertiary/aromatic N) is 2. The van der Waals surface area contributed by atoms with Gasteiger partial charge in [-0.2, -0.15) is 0 Å². The third-order valence-electron chi connectivity index (χ3n) is 13.9. The molecule has 2 nitrogen and oxygen atoms in total. The molecule has 0 spiro atoms. The molecule has 2 fully saturated rings. The van der Waals surface area contributed by atoms with Crippen molar-refractivity contribution in [2.24, 2.45) is 0 Å². The van der Waals surface area contributed by atoms with Crippen LogP contribution in [-0.2, 0) is 0 Å². The van der Waals surface area contributed by atoms with E-state index >= 15 is 0 Å². The summed E-state index contributed by atoms with van der Waals surface area (Å²) in [6.45, 7) is 9.10. The number of anilines is 6. The van der Waals surface area contributed by atoms with Crippen LogP contribution in [0.3, 0.4) is 0 Å². The van der Waals surface area contributed by atoms with E-state index < -0.39 is 0 Å². The SMILES string of the molecule is CC(C)c1ccc(N(c2ccc(C3CCCC3)cc2)c2cc3c4ccccc4c(N(c4ccc(C(C)C)cc4)c4ccc(C5CCCC5)cc4)cc3c3ccccc23)cc1. The van der Waals surface area contributed by atoms with Gasteiger partial charge >= 0.3 is 0 Å². The highest BCUT2D eigenvalue weighted by atomic mass is 15.2. The second kappa shape index (κ2) is 16.3. The number of fused-ring (bicyclic) bond motifs is 5. The summed E-state index contributed by atoms with van der Waals surface area (Å²) in [4.78, 5) is 5.00. The molecule has 2 heteroatoms. The normalized spacial score (nSPS) is 15.0. The maximum Gasteiger partial charge on any atom is 0.0546 e. The van der Waals surface area contributed by atoms with Crippen molar-refractivity contribution in [1.29, 1.82) is 0 Å². The topological polar surface area (TPSA) is 6.48 Å². The predicted molar refractivity (Wildman–Crippen MR) is 259 cm³/mol. The molecule has 300 valence electrons. The summed E-state index contributed by atoms with van der Waals surface area (Å²) in [5.74, 6) is 2.30. The Labute approximate surface area is 357 Å². The largest absolute Gasteiger partial charge is 0.310 e. The van der Waals surface area contributed by atoms with Crippen LogP contribution >= 0.6 is 0 Å². The Hall–Kier alpha value is -5.86. The quantitative estimate of drug-likeness (QED) is 0.128. The van der Waals surface area contributed by atoms with Crippen LogP contribution in [-0.4, -0.2) is 0 Å². The van der Waals surface area contributed by atoms with Crippen molar-refractivity contribution >= 4 is 66.4 Å². The molecule has 0 N–H and O–H groups in total. The lowest BCUT2D eigenvalue weighted by Gasteiger charge is -2.30. The van der Waals surface area contributed by atoms with Crippen molar-refractivity contribution in [2.75, 3.05) is 9.80 Å². The Kier molecular flexibility index (Phi) is 10.4. The van der Waals surface area contributed by atoms with Crippen LogP contribution < -0.4 is 9.80 Å². The molecule has 2 saturated carbocycles. The lowest BCUT2D eigenvalue weighted by molar-refractivity contribution is 0.723. The third kappa shape index (κ3) is 7.15. The first-order chi connectivity index (χ1) is 29.4. The van der Waals surface area contributed by atoms with Gasteiger partial charge in [0.1, 0.15) is 0 Å². The van der Waals surface area contributed by atoms with Crippen molar-refractivity contribution in [3.8, 4) is 0 Å². The molecule has 0 atom stereocenters. The molecular formula is C58H58N2. The van der Waals surface area contributed by atoms with Gasteiger partial charge in [0.2, 0.25) is 0 Å². The van der Waals surface area contributed by atoms with Crippen molar-refractivity contribution in [2.45, 2.75) is 103 Å². The molecule has 0 heterocycles. The van der Waals surface area contributed by atoms with Crippen LogP contribution in [0, 0.1) is 0 Å². The first-order valence-corrected chi connectivity index (χ1v) is 22.8. The maximum atomic E-state index is 2.50. The van der Waals surface area contributed by atoms with Gasteiger partial charge in [0.15, 0.2) is 0 Å². The highest BCUT2D eigenvalue weighted by Gasteiger charge is 2.24. The van der Waals surface area contributed by atoms with Gasteiger partial charge in [0, 0.05) is 33.5 Å². The van der Waals surface area contributed by atoms with Gasteiger partial charge in [-0.3, -0.25) is 0 Å². The van der Waals surface area contributed by atoms with Crippen molar-refractivity contribution in [3.63, 3.8) is 0 Å². The molecule has 8 aromatic carbocycles. The van der Waals surface area contributed by atoms with E-state index in [0.29, 0.717) is 23.7 Å². The first kappa shape index (κ1) is 38.3. The number of rotatable bonds is 10. The lowest BCUT2D eigenvalue weighted by atomic mass is 9.92. The highest BCUT2D eigenvalue weighted by Crippen LogP contribution is 2.48. The van der Waals surface area contributed by atoms with Gasteiger partial charge in [0.25, 0.3) is 0 Å². The minimum atomic E-state index is 0.471. The summed E-state index contributed by atoms with van der Waals surface area (Å²) in [6, 6.07) is 60.7. The Morgan fingerprint density at radius 2 is 0.650 bits per heavy atom. The second-order valence-corrected chi connectivity index (χ2v) is 18.3. The molecule has 0 bridgehead atoms. The van der Waals surface area contributed by atoms with Crippen LogP contribution in [0.4, 0.5) is 34.1 Å². The van der Waals surface area contributed by atoms with Crippen molar-refractivity contribution in [1.82, 2.24) is 0 Å². The molecule has 2 aliphatic carbocycles. The molecule has 10 rings (SSSR count). The minimum Gasteiger partial charge on any atom is -0.310 e. The van der Waals surface area contributed by atoms with Gasteiger partial charge in [-0.15, -0.1) is 0 Å². The van der Waals surface area contributed by atoms with Crippen LogP contribution in [0.2, 0.25) is 0 Å². The minimum absolute atomic E-state index is 0.471. The molecule has 0 unspecified atom stereocenters. The smallest absolute Gasteiger partial charge is 0.0546 e.